The molecule has 1 aliphatic heterocycles. The predicted molar refractivity (Wildman–Crippen MR) is 67.6 cm³/mol. The number of aliphatic hydroxyl groups is 1. The van der Waals surface area contributed by atoms with Gasteiger partial charge in [0.15, 0.2) is 0 Å². The van der Waals surface area contributed by atoms with Gasteiger partial charge in [-0.15, -0.1) is 0 Å². The van der Waals surface area contributed by atoms with E-state index in [2.05, 4.69) is 0 Å². The summed E-state index contributed by atoms with van der Waals surface area (Å²) in [5.41, 5.74) is -0.392. The van der Waals surface area contributed by atoms with Crippen molar-refractivity contribution in [2.45, 2.75) is 23.3 Å². The summed E-state index contributed by atoms with van der Waals surface area (Å²) >= 11 is 0. The topological polar surface area (TPSA) is 81.4 Å². The molecule has 1 saturated heterocycles. The van der Waals surface area contributed by atoms with Crippen molar-refractivity contribution in [3.8, 4) is 6.07 Å². The van der Waals surface area contributed by atoms with Gasteiger partial charge >= 0.3 is 0 Å². The average molecular weight is 278 g/mol. The lowest BCUT2D eigenvalue weighted by Crippen LogP contribution is -2.64. The Labute approximate surface area is 112 Å². The van der Waals surface area contributed by atoms with Gasteiger partial charge in [-0.25, -0.2) is 8.42 Å². The molecule has 0 aromatic heterocycles. The Balaban J connectivity index is 1.78. The minimum absolute atomic E-state index is 0.171. The molecule has 2 fully saturated rings. The Kier molecular flexibility index (Phi) is 2.68. The van der Waals surface area contributed by atoms with Crippen LogP contribution in [0.25, 0.3) is 0 Å². The summed E-state index contributed by atoms with van der Waals surface area (Å²) in [4.78, 5) is 0.171. The molecule has 1 N–H and O–H groups in total. The molecule has 0 radical (unpaired) electrons. The van der Waals surface area contributed by atoms with E-state index in [1.54, 1.807) is 0 Å². The van der Waals surface area contributed by atoms with Crippen LogP contribution in [-0.2, 0) is 10.0 Å². The maximum absolute atomic E-state index is 12.3. The molecule has 1 aliphatic carbocycles. The van der Waals surface area contributed by atoms with Crippen molar-refractivity contribution in [2.24, 2.45) is 5.92 Å². The van der Waals surface area contributed by atoms with Gasteiger partial charge in [0.2, 0.25) is 10.0 Å². The first-order valence-electron chi connectivity index (χ1n) is 6.18. The highest BCUT2D eigenvalue weighted by molar-refractivity contribution is 7.89. The first kappa shape index (κ1) is 12.6. The monoisotopic (exact) mass is 278 g/mol. The van der Waals surface area contributed by atoms with E-state index >= 15 is 0 Å². The Morgan fingerprint density at radius 1 is 1.26 bits per heavy atom. The highest BCUT2D eigenvalue weighted by Crippen LogP contribution is 2.45. The van der Waals surface area contributed by atoms with Gasteiger partial charge in [0.05, 0.1) is 22.1 Å². The molecule has 0 amide bonds. The summed E-state index contributed by atoms with van der Waals surface area (Å²) in [6.45, 7) is 0.361. The van der Waals surface area contributed by atoms with Crippen LogP contribution in [0.15, 0.2) is 29.2 Å². The van der Waals surface area contributed by atoms with Gasteiger partial charge < -0.3 is 5.11 Å². The second-order valence-electron chi connectivity index (χ2n) is 5.29. The Morgan fingerprint density at radius 3 is 2.32 bits per heavy atom. The molecular weight excluding hydrogens is 264 g/mol. The number of benzene rings is 1. The molecule has 1 saturated carbocycles. The summed E-state index contributed by atoms with van der Waals surface area (Å²) in [5.74, 6) is 0.264. The molecule has 1 heterocycles. The molecule has 2 aliphatic rings. The number of rotatable bonds is 3. The summed E-state index contributed by atoms with van der Waals surface area (Å²) in [6, 6.07) is 7.79. The minimum atomic E-state index is -3.54. The standard InChI is InChI=1S/C13H14N2O3S/c14-7-10-1-5-12(6-2-10)19(17,18)15-8-13(16,9-15)11-3-4-11/h1-2,5-6,11,16H,3-4,8-9H2. The average Bonchev–Trinajstić information content (AvgIpc) is 3.19. The van der Waals surface area contributed by atoms with Crippen molar-refractivity contribution >= 4 is 10.0 Å². The first-order chi connectivity index (χ1) is 8.95. The highest BCUT2D eigenvalue weighted by atomic mass is 32.2. The number of hydrogen-bond acceptors (Lipinski definition) is 4. The maximum atomic E-state index is 12.3. The zero-order valence-electron chi connectivity index (χ0n) is 10.3. The van der Waals surface area contributed by atoms with Crippen LogP contribution in [0.3, 0.4) is 0 Å². The molecule has 0 unspecified atom stereocenters. The predicted octanol–water partition coefficient (Wildman–Crippen LogP) is 0.704. The SMILES string of the molecule is N#Cc1ccc(S(=O)(=O)N2CC(O)(C3CC3)C2)cc1. The van der Waals surface area contributed by atoms with Crippen LogP contribution in [0, 0.1) is 17.2 Å². The summed E-state index contributed by atoms with van der Waals surface area (Å²) in [5, 5.41) is 18.9. The van der Waals surface area contributed by atoms with E-state index < -0.39 is 15.6 Å². The molecule has 1 aromatic carbocycles. The van der Waals surface area contributed by atoms with E-state index in [9.17, 15) is 13.5 Å². The van der Waals surface area contributed by atoms with Crippen molar-refractivity contribution in [1.29, 1.82) is 5.26 Å². The van der Waals surface area contributed by atoms with Crippen molar-refractivity contribution in [2.75, 3.05) is 13.1 Å². The quantitative estimate of drug-likeness (QED) is 0.882. The van der Waals surface area contributed by atoms with Gasteiger partial charge in [0.25, 0.3) is 0 Å². The second-order valence-corrected chi connectivity index (χ2v) is 7.23. The molecular formula is C13H14N2O3S. The van der Waals surface area contributed by atoms with Crippen molar-refractivity contribution < 1.29 is 13.5 Å². The molecule has 0 bridgehead atoms. The molecule has 0 spiro atoms. The lowest BCUT2D eigenvalue weighted by Gasteiger charge is -2.45. The largest absolute Gasteiger partial charge is 0.387 e. The first-order valence-corrected chi connectivity index (χ1v) is 7.62. The third kappa shape index (κ3) is 2.04. The minimum Gasteiger partial charge on any atom is -0.387 e. The fraction of sp³-hybridized carbons (Fsp3) is 0.462. The molecule has 19 heavy (non-hydrogen) atoms. The fourth-order valence-electron chi connectivity index (χ4n) is 2.46. The molecule has 5 nitrogen and oxygen atoms in total. The number of nitrogens with zero attached hydrogens (tertiary/aromatic N) is 2. The van der Waals surface area contributed by atoms with Crippen LogP contribution >= 0.6 is 0 Å². The molecule has 0 atom stereocenters. The van der Waals surface area contributed by atoms with E-state index in [4.69, 9.17) is 5.26 Å². The van der Waals surface area contributed by atoms with Crippen LogP contribution < -0.4 is 0 Å². The summed E-state index contributed by atoms with van der Waals surface area (Å²) in [7, 11) is -3.54. The summed E-state index contributed by atoms with van der Waals surface area (Å²) in [6.07, 6.45) is 1.97. The van der Waals surface area contributed by atoms with Gasteiger partial charge in [-0.2, -0.15) is 9.57 Å². The smallest absolute Gasteiger partial charge is 0.243 e. The lowest BCUT2D eigenvalue weighted by atomic mass is 9.91. The van der Waals surface area contributed by atoms with E-state index in [-0.39, 0.29) is 23.9 Å². The number of nitriles is 1. The Hall–Kier alpha value is -1.42. The van der Waals surface area contributed by atoms with Crippen molar-refractivity contribution in [3.63, 3.8) is 0 Å². The number of hydrogen-bond donors (Lipinski definition) is 1. The normalized spacial score (nSPS) is 22.5. The molecule has 6 heteroatoms. The van der Waals surface area contributed by atoms with Gasteiger partial charge in [-0.1, -0.05) is 0 Å². The van der Waals surface area contributed by atoms with E-state index in [0.717, 1.165) is 12.8 Å². The van der Waals surface area contributed by atoms with Gasteiger partial charge in [0.1, 0.15) is 0 Å². The zero-order chi connectivity index (χ0) is 13.7. The van der Waals surface area contributed by atoms with Crippen LogP contribution in [-0.4, -0.2) is 36.5 Å². The Bertz CT molecular complexity index is 635. The van der Waals surface area contributed by atoms with Crippen LogP contribution in [0.4, 0.5) is 0 Å². The van der Waals surface area contributed by atoms with Gasteiger partial charge in [-0.3, -0.25) is 0 Å². The van der Waals surface area contributed by atoms with Gasteiger partial charge in [-0.05, 0) is 43.0 Å². The van der Waals surface area contributed by atoms with Crippen molar-refractivity contribution in [1.82, 2.24) is 4.31 Å². The Morgan fingerprint density at radius 2 is 1.84 bits per heavy atom. The van der Waals surface area contributed by atoms with Crippen LogP contribution in [0.2, 0.25) is 0 Å². The highest BCUT2D eigenvalue weighted by Gasteiger charge is 2.55. The fourth-order valence-corrected chi connectivity index (χ4v) is 4.03. The second kappa shape index (κ2) is 4.04. The van der Waals surface area contributed by atoms with Crippen LogP contribution in [0.1, 0.15) is 18.4 Å². The van der Waals surface area contributed by atoms with E-state index in [1.165, 1.54) is 28.6 Å². The zero-order valence-corrected chi connectivity index (χ0v) is 11.1. The van der Waals surface area contributed by atoms with Crippen molar-refractivity contribution in [3.05, 3.63) is 29.8 Å². The molecule has 100 valence electrons. The lowest BCUT2D eigenvalue weighted by molar-refractivity contribution is -0.0764. The van der Waals surface area contributed by atoms with E-state index in [0.29, 0.717) is 5.56 Å². The van der Waals surface area contributed by atoms with E-state index in [1.807, 2.05) is 6.07 Å². The van der Waals surface area contributed by atoms with Crippen LogP contribution in [0.5, 0.6) is 0 Å². The third-order valence-electron chi connectivity index (χ3n) is 3.86. The number of β-amino-alcohol motifs (C(OH)–C–C–N with tert-alkyl or cyclic N) is 1. The number of sulfonamides is 1. The molecule has 3 rings (SSSR count). The molecule has 1 aromatic rings. The van der Waals surface area contributed by atoms with Gasteiger partial charge in [0, 0.05) is 13.1 Å². The summed E-state index contributed by atoms with van der Waals surface area (Å²) < 4.78 is 25.9. The third-order valence-corrected chi connectivity index (χ3v) is 5.66. The maximum Gasteiger partial charge on any atom is 0.243 e.